The van der Waals surface area contributed by atoms with Gasteiger partial charge in [-0.15, -0.1) is 0 Å². The summed E-state index contributed by atoms with van der Waals surface area (Å²) in [5.74, 6) is 0.708. The summed E-state index contributed by atoms with van der Waals surface area (Å²) < 4.78 is 6.02. The second kappa shape index (κ2) is 8.24. The van der Waals surface area contributed by atoms with E-state index in [1.54, 1.807) is 6.33 Å². The van der Waals surface area contributed by atoms with Crippen molar-refractivity contribution in [2.45, 2.75) is 38.1 Å². The van der Waals surface area contributed by atoms with Crippen molar-refractivity contribution < 1.29 is 9.53 Å². The number of primary amides is 1. The van der Waals surface area contributed by atoms with E-state index in [2.05, 4.69) is 25.3 Å². The predicted molar refractivity (Wildman–Crippen MR) is 106 cm³/mol. The number of amides is 1. The zero-order valence-electron chi connectivity index (χ0n) is 15.6. The molecule has 3 aromatic rings. The number of nitrogens with zero attached hydrogens (tertiary/aromatic N) is 3. The molecule has 0 saturated heterocycles. The maximum absolute atomic E-state index is 12.0. The zero-order chi connectivity index (χ0) is 19.3. The molecule has 0 aliphatic heterocycles. The molecule has 8 heteroatoms. The lowest BCUT2D eigenvalue weighted by molar-refractivity contribution is -0.118. The van der Waals surface area contributed by atoms with Gasteiger partial charge < -0.3 is 20.8 Å². The van der Waals surface area contributed by atoms with E-state index in [-0.39, 0.29) is 5.95 Å². The number of carbonyl (C=O) groups is 1. The minimum atomic E-state index is -0.743. The van der Waals surface area contributed by atoms with Gasteiger partial charge in [-0.3, -0.25) is 4.79 Å². The Morgan fingerprint density at radius 3 is 2.75 bits per heavy atom. The molecule has 1 saturated carbocycles. The van der Waals surface area contributed by atoms with Crippen LogP contribution in [0, 0.1) is 5.92 Å². The largest absolute Gasteiger partial charge is 0.476 e. The van der Waals surface area contributed by atoms with Crippen molar-refractivity contribution in [2.75, 3.05) is 11.9 Å². The van der Waals surface area contributed by atoms with Gasteiger partial charge in [0.25, 0.3) is 0 Å². The van der Waals surface area contributed by atoms with Crippen molar-refractivity contribution in [2.24, 2.45) is 11.7 Å². The second-order valence-corrected chi connectivity index (χ2v) is 7.16. The number of fused-ring (bicyclic) bond motifs is 1. The third-order valence-corrected chi connectivity index (χ3v) is 5.12. The van der Waals surface area contributed by atoms with Gasteiger partial charge in [0.15, 0.2) is 11.2 Å². The standard InChI is InChI=1S/C20H24N6O2/c21-17(27)15(14-9-5-2-6-10-14)24-20-25-18-16(22-12-23-18)19(26-20)28-11-13-7-3-1-4-8-13/h2,5-6,9-10,12-13,15H,1,3-4,7-8,11H2,(H2,21,27)(H2,22,23,24,25,26). The Kier molecular flexibility index (Phi) is 5.36. The van der Waals surface area contributed by atoms with Gasteiger partial charge in [0.2, 0.25) is 17.7 Å². The fraction of sp³-hybridized carbons (Fsp3) is 0.400. The van der Waals surface area contributed by atoms with Crippen molar-refractivity contribution >= 4 is 23.0 Å². The Bertz CT molecular complexity index is 936. The number of aromatic amines is 1. The van der Waals surface area contributed by atoms with Crippen LogP contribution >= 0.6 is 0 Å². The Morgan fingerprint density at radius 2 is 2.00 bits per heavy atom. The van der Waals surface area contributed by atoms with Gasteiger partial charge >= 0.3 is 0 Å². The number of imidazole rings is 1. The van der Waals surface area contributed by atoms with Crippen LogP contribution < -0.4 is 15.8 Å². The van der Waals surface area contributed by atoms with Gasteiger partial charge in [-0.2, -0.15) is 9.97 Å². The first-order valence-corrected chi connectivity index (χ1v) is 9.65. The van der Waals surface area contributed by atoms with Crippen LogP contribution in [0.25, 0.3) is 11.2 Å². The SMILES string of the molecule is NC(=O)C(Nc1nc(OCC2CCCCC2)c2nc[nH]c2n1)c1ccccc1. The van der Waals surface area contributed by atoms with Crippen LogP contribution in [0.5, 0.6) is 5.88 Å². The summed E-state index contributed by atoms with van der Waals surface area (Å²) in [6.45, 7) is 0.607. The maximum Gasteiger partial charge on any atom is 0.247 e. The van der Waals surface area contributed by atoms with Crippen LogP contribution in [0.3, 0.4) is 0 Å². The molecular formula is C20H24N6O2. The topological polar surface area (TPSA) is 119 Å². The summed E-state index contributed by atoms with van der Waals surface area (Å²) >= 11 is 0. The number of rotatable bonds is 7. The highest BCUT2D eigenvalue weighted by atomic mass is 16.5. The smallest absolute Gasteiger partial charge is 0.247 e. The van der Waals surface area contributed by atoms with Gasteiger partial charge in [0, 0.05) is 0 Å². The normalized spacial score (nSPS) is 16.0. The molecule has 2 aromatic heterocycles. The summed E-state index contributed by atoms with van der Waals surface area (Å²) in [4.78, 5) is 28.1. The molecule has 0 radical (unpaired) electrons. The molecule has 1 aromatic carbocycles. The van der Waals surface area contributed by atoms with E-state index >= 15 is 0 Å². The molecule has 2 heterocycles. The number of aromatic nitrogens is 4. The first kappa shape index (κ1) is 18.2. The van der Waals surface area contributed by atoms with Crippen LogP contribution in [-0.4, -0.2) is 32.4 Å². The molecule has 1 amide bonds. The molecule has 4 N–H and O–H groups in total. The summed E-state index contributed by atoms with van der Waals surface area (Å²) in [5.41, 5.74) is 7.47. The molecule has 1 aliphatic carbocycles. The van der Waals surface area contributed by atoms with Gasteiger partial charge in [-0.25, -0.2) is 4.98 Å². The lowest BCUT2D eigenvalue weighted by Crippen LogP contribution is -2.28. The van der Waals surface area contributed by atoms with Crippen LogP contribution in [0.4, 0.5) is 5.95 Å². The van der Waals surface area contributed by atoms with E-state index in [1.807, 2.05) is 30.3 Å². The van der Waals surface area contributed by atoms with E-state index in [0.717, 1.165) is 5.56 Å². The number of hydrogen-bond acceptors (Lipinski definition) is 6. The number of carbonyl (C=O) groups excluding carboxylic acids is 1. The predicted octanol–water partition coefficient (Wildman–Crippen LogP) is 2.95. The highest BCUT2D eigenvalue weighted by molar-refractivity contribution is 5.84. The number of nitrogens with one attached hydrogen (secondary N) is 2. The highest BCUT2D eigenvalue weighted by Gasteiger charge is 2.21. The van der Waals surface area contributed by atoms with E-state index in [1.165, 1.54) is 32.1 Å². The Labute approximate surface area is 162 Å². The van der Waals surface area contributed by atoms with Crippen molar-refractivity contribution in [3.05, 3.63) is 42.2 Å². The monoisotopic (exact) mass is 380 g/mol. The molecule has 1 aliphatic rings. The average molecular weight is 380 g/mol. The van der Waals surface area contributed by atoms with Crippen molar-refractivity contribution in [3.8, 4) is 5.88 Å². The maximum atomic E-state index is 12.0. The Hall–Kier alpha value is -3.16. The van der Waals surface area contributed by atoms with E-state index in [4.69, 9.17) is 10.5 Å². The zero-order valence-corrected chi connectivity index (χ0v) is 15.6. The minimum absolute atomic E-state index is 0.267. The lowest BCUT2D eigenvalue weighted by Gasteiger charge is -2.21. The van der Waals surface area contributed by atoms with Crippen molar-refractivity contribution in [1.29, 1.82) is 0 Å². The fourth-order valence-electron chi connectivity index (χ4n) is 3.62. The highest BCUT2D eigenvalue weighted by Crippen LogP contribution is 2.27. The van der Waals surface area contributed by atoms with E-state index < -0.39 is 11.9 Å². The summed E-state index contributed by atoms with van der Waals surface area (Å²) in [7, 11) is 0. The molecule has 4 rings (SSSR count). The molecule has 0 spiro atoms. The molecule has 28 heavy (non-hydrogen) atoms. The molecular weight excluding hydrogens is 356 g/mol. The van der Waals surface area contributed by atoms with Crippen molar-refractivity contribution in [1.82, 2.24) is 19.9 Å². The Morgan fingerprint density at radius 1 is 1.21 bits per heavy atom. The Balaban J connectivity index is 1.57. The number of hydrogen-bond donors (Lipinski definition) is 3. The lowest BCUT2D eigenvalue weighted by atomic mass is 9.90. The summed E-state index contributed by atoms with van der Waals surface area (Å²) in [6, 6.07) is 8.50. The number of benzene rings is 1. The minimum Gasteiger partial charge on any atom is -0.476 e. The first-order chi connectivity index (χ1) is 13.7. The molecule has 1 atom stereocenters. The number of H-pyrrole nitrogens is 1. The fourth-order valence-corrected chi connectivity index (χ4v) is 3.62. The second-order valence-electron chi connectivity index (χ2n) is 7.16. The van der Waals surface area contributed by atoms with Crippen LogP contribution in [-0.2, 0) is 4.79 Å². The van der Waals surface area contributed by atoms with E-state index in [9.17, 15) is 4.79 Å². The number of anilines is 1. The summed E-state index contributed by atoms with van der Waals surface area (Å²) in [6.07, 6.45) is 7.71. The van der Waals surface area contributed by atoms with Gasteiger partial charge in [0.05, 0.1) is 12.9 Å². The molecule has 0 bridgehead atoms. The van der Waals surface area contributed by atoms with Crippen LogP contribution in [0.1, 0.15) is 43.7 Å². The van der Waals surface area contributed by atoms with Gasteiger partial charge in [0.1, 0.15) is 6.04 Å². The molecule has 1 unspecified atom stereocenters. The third-order valence-electron chi connectivity index (χ3n) is 5.12. The van der Waals surface area contributed by atoms with E-state index in [0.29, 0.717) is 29.6 Å². The average Bonchev–Trinajstić information content (AvgIpc) is 3.20. The quantitative estimate of drug-likeness (QED) is 0.580. The van der Waals surface area contributed by atoms with Gasteiger partial charge in [-0.05, 0) is 24.3 Å². The molecule has 8 nitrogen and oxygen atoms in total. The van der Waals surface area contributed by atoms with Crippen LogP contribution in [0.2, 0.25) is 0 Å². The van der Waals surface area contributed by atoms with Crippen molar-refractivity contribution in [3.63, 3.8) is 0 Å². The summed E-state index contributed by atoms with van der Waals surface area (Å²) in [5, 5.41) is 3.03. The first-order valence-electron chi connectivity index (χ1n) is 9.65. The van der Waals surface area contributed by atoms with Crippen LogP contribution in [0.15, 0.2) is 36.7 Å². The van der Waals surface area contributed by atoms with Gasteiger partial charge in [-0.1, -0.05) is 49.6 Å². The molecule has 1 fully saturated rings. The number of nitrogens with two attached hydrogens (primary N) is 1. The number of ether oxygens (including phenoxy) is 1. The third kappa shape index (κ3) is 4.05. The molecule has 146 valence electrons.